The fraction of sp³-hybridized carbons (Fsp3) is 0.526. The average Bonchev–Trinajstić information content (AvgIpc) is 2.97. The number of benzene rings is 2. The van der Waals surface area contributed by atoms with Gasteiger partial charge in [0.25, 0.3) is 0 Å². The van der Waals surface area contributed by atoms with E-state index in [1.807, 2.05) is 39.8 Å². The summed E-state index contributed by atoms with van der Waals surface area (Å²) in [5.74, 6) is -0.530. The van der Waals surface area contributed by atoms with Gasteiger partial charge in [0, 0.05) is 36.3 Å². The van der Waals surface area contributed by atoms with E-state index in [1.54, 1.807) is 12.1 Å². The van der Waals surface area contributed by atoms with Crippen LogP contribution in [0.25, 0.3) is 11.1 Å². The van der Waals surface area contributed by atoms with Crippen LogP contribution in [0.3, 0.4) is 0 Å². The minimum Gasteiger partial charge on any atom is -0.493 e. The zero-order valence-electron chi connectivity index (χ0n) is 29.0. The summed E-state index contributed by atoms with van der Waals surface area (Å²) in [5.41, 5.74) is 5.72. The fourth-order valence-electron chi connectivity index (χ4n) is 6.03. The number of pyridine rings is 1. The molecule has 2 aromatic carbocycles. The van der Waals surface area contributed by atoms with E-state index < -0.39 is 17.7 Å². The van der Waals surface area contributed by atoms with Crippen molar-refractivity contribution in [1.29, 1.82) is 0 Å². The van der Waals surface area contributed by atoms with Crippen LogP contribution in [0.5, 0.6) is 5.75 Å². The SMILES string of the molecule is Cc1nc(CCCN(C)C)c(-c2ccc(OCCc3ccc(F)cc3)cc2)c(N2CCC(C)(C)CC2)c1[C@H](OC(C)(C)C)C(=O)O. The summed E-state index contributed by atoms with van der Waals surface area (Å²) >= 11 is 0. The van der Waals surface area contributed by atoms with Crippen LogP contribution >= 0.6 is 0 Å². The van der Waals surface area contributed by atoms with E-state index in [-0.39, 0.29) is 11.2 Å². The summed E-state index contributed by atoms with van der Waals surface area (Å²) in [5, 5.41) is 10.6. The van der Waals surface area contributed by atoms with Gasteiger partial charge in [0.2, 0.25) is 0 Å². The number of anilines is 1. The molecular formula is C38H52FN3O4. The Morgan fingerprint density at radius 2 is 1.67 bits per heavy atom. The van der Waals surface area contributed by atoms with Crippen molar-refractivity contribution in [3.8, 4) is 16.9 Å². The molecule has 1 aliphatic heterocycles. The summed E-state index contributed by atoms with van der Waals surface area (Å²) in [6.07, 6.45) is 3.19. The molecule has 4 rings (SSSR count). The van der Waals surface area contributed by atoms with Crippen LogP contribution in [0, 0.1) is 18.2 Å². The van der Waals surface area contributed by atoms with Gasteiger partial charge in [0.1, 0.15) is 11.6 Å². The van der Waals surface area contributed by atoms with Gasteiger partial charge in [0.05, 0.1) is 23.6 Å². The molecule has 3 aromatic rings. The van der Waals surface area contributed by atoms with Crippen LogP contribution in [0.1, 0.15) is 82.5 Å². The summed E-state index contributed by atoms with van der Waals surface area (Å²) in [6.45, 7) is 15.2. The number of aliphatic carboxylic acids is 1. The van der Waals surface area contributed by atoms with Crippen molar-refractivity contribution in [3.05, 3.63) is 76.9 Å². The van der Waals surface area contributed by atoms with Crippen molar-refractivity contribution < 1.29 is 23.8 Å². The summed E-state index contributed by atoms with van der Waals surface area (Å²) in [6, 6.07) is 14.5. The molecule has 1 atom stereocenters. The lowest BCUT2D eigenvalue weighted by Crippen LogP contribution is -2.39. The van der Waals surface area contributed by atoms with E-state index >= 15 is 0 Å². The number of nitrogens with zero attached hydrogens (tertiary/aromatic N) is 3. The topological polar surface area (TPSA) is 75.1 Å². The molecule has 1 aliphatic rings. The lowest BCUT2D eigenvalue weighted by Gasteiger charge is -2.41. The van der Waals surface area contributed by atoms with Crippen molar-refractivity contribution in [2.45, 2.75) is 85.4 Å². The quantitative estimate of drug-likeness (QED) is 0.205. The van der Waals surface area contributed by atoms with Gasteiger partial charge >= 0.3 is 5.97 Å². The van der Waals surface area contributed by atoms with Crippen molar-refractivity contribution in [2.24, 2.45) is 5.41 Å². The zero-order valence-corrected chi connectivity index (χ0v) is 29.0. The number of aryl methyl sites for hydroxylation is 2. The average molecular weight is 634 g/mol. The third-order valence-electron chi connectivity index (χ3n) is 8.60. The van der Waals surface area contributed by atoms with E-state index in [1.165, 1.54) is 12.1 Å². The molecule has 0 radical (unpaired) electrons. The molecule has 1 saturated heterocycles. The van der Waals surface area contributed by atoms with Gasteiger partial charge in [-0.3, -0.25) is 4.98 Å². The largest absolute Gasteiger partial charge is 0.493 e. The number of halogens is 1. The maximum atomic E-state index is 13.3. The number of aromatic nitrogens is 1. The maximum absolute atomic E-state index is 13.3. The summed E-state index contributed by atoms with van der Waals surface area (Å²) in [4.78, 5) is 22.6. The number of carboxylic acids is 1. The van der Waals surface area contributed by atoms with Crippen LogP contribution in [-0.4, -0.2) is 66.9 Å². The molecule has 1 fully saturated rings. The molecule has 2 heterocycles. The summed E-state index contributed by atoms with van der Waals surface area (Å²) < 4.78 is 25.6. The second-order valence-corrected chi connectivity index (χ2v) is 14.5. The number of hydrogen-bond donors (Lipinski definition) is 1. The highest BCUT2D eigenvalue weighted by atomic mass is 19.1. The van der Waals surface area contributed by atoms with Crippen LogP contribution in [0.15, 0.2) is 48.5 Å². The monoisotopic (exact) mass is 633 g/mol. The Kier molecular flexibility index (Phi) is 11.5. The van der Waals surface area contributed by atoms with Gasteiger partial charge in [-0.1, -0.05) is 38.1 Å². The first-order chi connectivity index (χ1) is 21.6. The molecule has 0 saturated carbocycles. The van der Waals surface area contributed by atoms with Crippen LogP contribution in [-0.2, 0) is 22.4 Å². The molecule has 1 N–H and O–H groups in total. The lowest BCUT2D eigenvalue weighted by atomic mass is 9.81. The number of piperidine rings is 1. The van der Waals surface area contributed by atoms with Crippen LogP contribution < -0.4 is 9.64 Å². The molecule has 1 aromatic heterocycles. The number of carbonyl (C=O) groups is 1. The molecule has 0 bridgehead atoms. The van der Waals surface area contributed by atoms with Gasteiger partial charge < -0.3 is 24.4 Å². The zero-order chi connectivity index (χ0) is 33.6. The Morgan fingerprint density at radius 3 is 2.24 bits per heavy atom. The molecule has 8 heteroatoms. The highest BCUT2D eigenvalue weighted by Crippen LogP contribution is 2.45. The molecule has 0 unspecified atom stereocenters. The van der Waals surface area contributed by atoms with Crippen molar-refractivity contribution in [1.82, 2.24) is 9.88 Å². The van der Waals surface area contributed by atoms with Gasteiger partial charge in [-0.25, -0.2) is 9.18 Å². The van der Waals surface area contributed by atoms with E-state index in [0.717, 1.165) is 79.1 Å². The summed E-state index contributed by atoms with van der Waals surface area (Å²) in [7, 11) is 4.14. The normalized spacial score (nSPS) is 15.7. The Labute approximate surface area is 274 Å². The predicted molar refractivity (Wildman–Crippen MR) is 183 cm³/mol. The van der Waals surface area contributed by atoms with Crippen molar-refractivity contribution in [2.75, 3.05) is 45.2 Å². The van der Waals surface area contributed by atoms with Crippen molar-refractivity contribution >= 4 is 11.7 Å². The number of rotatable bonds is 13. The molecular weight excluding hydrogens is 581 g/mol. The first kappa shape index (κ1) is 35.4. The second-order valence-electron chi connectivity index (χ2n) is 14.5. The third-order valence-corrected chi connectivity index (χ3v) is 8.60. The Morgan fingerprint density at radius 1 is 1.04 bits per heavy atom. The number of ether oxygens (including phenoxy) is 2. The fourth-order valence-corrected chi connectivity index (χ4v) is 6.03. The number of carboxylic acid groups (broad SMARTS) is 1. The molecule has 46 heavy (non-hydrogen) atoms. The Bertz CT molecular complexity index is 1450. The molecule has 250 valence electrons. The molecule has 0 amide bonds. The minimum absolute atomic E-state index is 0.217. The molecule has 0 spiro atoms. The van der Waals surface area contributed by atoms with Gasteiger partial charge in [-0.2, -0.15) is 0 Å². The Hall–Kier alpha value is -3.49. The highest BCUT2D eigenvalue weighted by Gasteiger charge is 2.37. The van der Waals surface area contributed by atoms with Crippen molar-refractivity contribution in [3.63, 3.8) is 0 Å². The minimum atomic E-state index is -1.17. The van der Waals surface area contributed by atoms with Crippen LogP contribution in [0.4, 0.5) is 10.1 Å². The third kappa shape index (κ3) is 9.52. The van der Waals surface area contributed by atoms with Crippen LogP contribution in [0.2, 0.25) is 0 Å². The lowest BCUT2D eigenvalue weighted by molar-refractivity contribution is -0.160. The standard InChI is InChI=1S/C38H52FN3O4/c1-26-32(35(36(43)44)46-37(2,3)4)34(42-23-20-38(5,6)21-24-42)33(31(40-26)10-9-22-41(7)8)28-13-17-30(18-14-28)45-25-19-27-11-15-29(39)16-12-27/h11-18,35H,9-10,19-25H2,1-8H3,(H,43,44)/t35-/m0/s1. The second kappa shape index (κ2) is 14.9. The highest BCUT2D eigenvalue weighted by molar-refractivity contribution is 5.88. The predicted octanol–water partition coefficient (Wildman–Crippen LogP) is 7.88. The molecule has 0 aliphatic carbocycles. The maximum Gasteiger partial charge on any atom is 0.337 e. The van der Waals surface area contributed by atoms with Gasteiger partial charge in [-0.15, -0.1) is 0 Å². The van der Waals surface area contributed by atoms with E-state index in [0.29, 0.717) is 24.3 Å². The first-order valence-corrected chi connectivity index (χ1v) is 16.4. The first-order valence-electron chi connectivity index (χ1n) is 16.4. The van der Waals surface area contributed by atoms with E-state index in [4.69, 9.17) is 14.5 Å². The smallest absolute Gasteiger partial charge is 0.337 e. The Balaban J connectivity index is 1.80. The van der Waals surface area contributed by atoms with E-state index in [9.17, 15) is 14.3 Å². The van der Waals surface area contributed by atoms with E-state index in [2.05, 4.69) is 49.9 Å². The van der Waals surface area contributed by atoms with Gasteiger partial charge in [-0.05, 0) is 115 Å². The van der Waals surface area contributed by atoms with Gasteiger partial charge in [0.15, 0.2) is 6.10 Å². The molecule has 7 nitrogen and oxygen atoms in total. The number of hydrogen-bond acceptors (Lipinski definition) is 6.